The van der Waals surface area contributed by atoms with E-state index in [1.165, 1.54) is 15.8 Å². The van der Waals surface area contributed by atoms with Crippen LogP contribution in [0.1, 0.15) is 47.5 Å². The van der Waals surface area contributed by atoms with Crippen LogP contribution in [0.4, 0.5) is 0 Å². The predicted molar refractivity (Wildman–Crippen MR) is 139 cm³/mol. The van der Waals surface area contributed by atoms with Crippen molar-refractivity contribution in [1.82, 2.24) is 19.6 Å². The third kappa shape index (κ3) is 4.49. The van der Waals surface area contributed by atoms with Gasteiger partial charge in [-0.2, -0.15) is 5.10 Å². The van der Waals surface area contributed by atoms with Gasteiger partial charge in [0.2, 0.25) is 0 Å². The summed E-state index contributed by atoms with van der Waals surface area (Å²) in [6, 6.07) is 28.3. The first-order chi connectivity index (χ1) is 17.0. The van der Waals surface area contributed by atoms with Crippen molar-refractivity contribution in [1.29, 1.82) is 0 Å². The second-order valence-corrected chi connectivity index (χ2v) is 9.29. The van der Waals surface area contributed by atoms with Gasteiger partial charge in [-0.05, 0) is 31.0 Å². The summed E-state index contributed by atoms with van der Waals surface area (Å²) >= 11 is 0. The van der Waals surface area contributed by atoms with E-state index in [-0.39, 0.29) is 23.6 Å². The standard InChI is InChI=1S/C29H30N4O2/c1-21(2)33-28(34)25-16-10-9-15-24(25)26(30-33)29(35)32-19-17-31(18-20-32)27(22-11-5-3-6-12-22)23-13-7-4-8-14-23/h3-16,21,27H,17-20H2,1-2H3. The van der Waals surface area contributed by atoms with E-state index in [0.29, 0.717) is 29.6 Å². The number of hydrogen-bond donors (Lipinski definition) is 0. The van der Waals surface area contributed by atoms with E-state index in [1.807, 2.05) is 49.1 Å². The molecule has 0 saturated carbocycles. The Bertz CT molecular complexity index is 1330. The van der Waals surface area contributed by atoms with Gasteiger partial charge in [0.25, 0.3) is 11.5 Å². The number of amides is 1. The summed E-state index contributed by atoms with van der Waals surface area (Å²) < 4.78 is 1.42. The molecule has 0 atom stereocenters. The Kier molecular flexibility index (Phi) is 6.47. The zero-order valence-corrected chi connectivity index (χ0v) is 20.2. The van der Waals surface area contributed by atoms with Crippen molar-refractivity contribution in [2.24, 2.45) is 0 Å². The average Bonchev–Trinajstić information content (AvgIpc) is 2.90. The van der Waals surface area contributed by atoms with E-state index in [4.69, 9.17) is 0 Å². The van der Waals surface area contributed by atoms with Crippen LogP contribution in [-0.2, 0) is 0 Å². The van der Waals surface area contributed by atoms with Gasteiger partial charge in [0, 0.05) is 31.6 Å². The third-order valence-electron chi connectivity index (χ3n) is 6.72. The number of carbonyl (C=O) groups is 1. The Balaban J connectivity index is 1.42. The summed E-state index contributed by atoms with van der Waals surface area (Å²) in [5.41, 5.74) is 2.68. The largest absolute Gasteiger partial charge is 0.335 e. The lowest BCUT2D eigenvalue weighted by atomic mass is 9.96. The zero-order valence-electron chi connectivity index (χ0n) is 20.2. The molecule has 5 rings (SSSR count). The van der Waals surface area contributed by atoms with Crippen LogP contribution in [0.3, 0.4) is 0 Å². The quantitative estimate of drug-likeness (QED) is 0.434. The molecule has 1 aliphatic rings. The zero-order chi connectivity index (χ0) is 24.4. The molecule has 35 heavy (non-hydrogen) atoms. The van der Waals surface area contributed by atoms with E-state index < -0.39 is 0 Å². The molecule has 0 N–H and O–H groups in total. The molecule has 0 radical (unpaired) electrons. The summed E-state index contributed by atoms with van der Waals surface area (Å²) in [4.78, 5) is 30.8. The minimum atomic E-state index is -0.162. The summed E-state index contributed by atoms with van der Waals surface area (Å²) in [6.07, 6.45) is 0. The lowest BCUT2D eigenvalue weighted by molar-refractivity contribution is 0.0591. The molecule has 6 heteroatoms. The minimum absolute atomic E-state index is 0.119. The molecule has 1 aliphatic heterocycles. The van der Waals surface area contributed by atoms with Crippen molar-refractivity contribution >= 4 is 16.7 Å². The highest BCUT2D eigenvalue weighted by atomic mass is 16.2. The molecule has 1 fully saturated rings. The van der Waals surface area contributed by atoms with E-state index in [0.717, 1.165) is 13.1 Å². The smallest absolute Gasteiger partial charge is 0.275 e. The van der Waals surface area contributed by atoms with Gasteiger partial charge in [0.1, 0.15) is 0 Å². The maximum Gasteiger partial charge on any atom is 0.275 e. The summed E-state index contributed by atoms with van der Waals surface area (Å²) in [5.74, 6) is -0.119. The Morgan fingerprint density at radius 3 is 1.80 bits per heavy atom. The Labute approximate surface area is 205 Å². The first-order valence-corrected chi connectivity index (χ1v) is 12.2. The minimum Gasteiger partial charge on any atom is -0.335 e. The van der Waals surface area contributed by atoms with Crippen molar-refractivity contribution in [3.05, 3.63) is 112 Å². The molecule has 6 nitrogen and oxygen atoms in total. The molecule has 1 aromatic heterocycles. The summed E-state index contributed by atoms with van der Waals surface area (Å²) in [7, 11) is 0. The number of piperazine rings is 1. The maximum atomic E-state index is 13.6. The van der Waals surface area contributed by atoms with Gasteiger partial charge in [0.15, 0.2) is 5.69 Å². The molecule has 0 spiro atoms. The maximum absolute atomic E-state index is 13.6. The van der Waals surface area contributed by atoms with Crippen molar-refractivity contribution in [2.45, 2.75) is 25.9 Å². The number of rotatable bonds is 5. The Morgan fingerprint density at radius 2 is 1.26 bits per heavy atom. The molecule has 1 amide bonds. The Morgan fingerprint density at radius 1 is 0.743 bits per heavy atom. The summed E-state index contributed by atoms with van der Waals surface area (Å²) in [6.45, 7) is 6.52. The topological polar surface area (TPSA) is 58.4 Å². The van der Waals surface area contributed by atoms with E-state index in [2.05, 4.69) is 58.5 Å². The van der Waals surface area contributed by atoms with Gasteiger partial charge in [-0.25, -0.2) is 4.68 Å². The number of fused-ring (bicyclic) bond motifs is 1. The number of nitrogens with zero attached hydrogens (tertiary/aromatic N) is 4. The molecule has 0 unspecified atom stereocenters. The summed E-state index contributed by atoms with van der Waals surface area (Å²) in [5, 5.41) is 5.68. The lowest BCUT2D eigenvalue weighted by Crippen LogP contribution is -2.50. The van der Waals surface area contributed by atoms with Gasteiger partial charge in [-0.15, -0.1) is 0 Å². The van der Waals surface area contributed by atoms with Gasteiger partial charge in [0.05, 0.1) is 17.5 Å². The van der Waals surface area contributed by atoms with Crippen molar-refractivity contribution in [3.63, 3.8) is 0 Å². The fraction of sp³-hybridized carbons (Fsp3) is 0.276. The van der Waals surface area contributed by atoms with Gasteiger partial charge in [-0.3, -0.25) is 14.5 Å². The van der Waals surface area contributed by atoms with Crippen LogP contribution in [0.25, 0.3) is 10.8 Å². The van der Waals surface area contributed by atoms with E-state index in [9.17, 15) is 9.59 Å². The first-order valence-electron chi connectivity index (χ1n) is 12.2. The molecule has 0 aliphatic carbocycles. The third-order valence-corrected chi connectivity index (χ3v) is 6.72. The molecular formula is C29H30N4O2. The molecule has 0 bridgehead atoms. The number of carbonyl (C=O) groups excluding carboxylic acids is 1. The van der Waals surface area contributed by atoms with Crippen molar-refractivity contribution in [3.8, 4) is 0 Å². The highest BCUT2D eigenvalue weighted by Gasteiger charge is 2.30. The lowest BCUT2D eigenvalue weighted by Gasteiger charge is -2.39. The monoisotopic (exact) mass is 466 g/mol. The van der Waals surface area contributed by atoms with Crippen LogP contribution in [0, 0.1) is 0 Å². The van der Waals surface area contributed by atoms with Crippen LogP contribution in [-0.4, -0.2) is 51.7 Å². The highest BCUT2D eigenvalue weighted by molar-refractivity contribution is 6.04. The average molecular weight is 467 g/mol. The van der Waals surface area contributed by atoms with Gasteiger partial charge < -0.3 is 4.90 Å². The molecule has 3 aromatic carbocycles. The molecule has 2 heterocycles. The Hall–Kier alpha value is -3.77. The molecular weight excluding hydrogens is 436 g/mol. The van der Waals surface area contributed by atoms with Gasteiger partial charge >= 0.3 is 0 Å². The number of hydrogen-bond acceptors (Lipinski definition) is 4. The normalized spacial score (nSPS) is 14.7. The SMILES string of the molecule is CC(C)n1nc(C(=O)N2CCN(C(c3ccccc3)c3ccccc3)CC2)c2ccccc2c1=O. The van der Waals surface area contributed by atoms with Crippen LogP contribution in [0.5, 0.6) is 0 Å². The number of benzene rings is 3. The van der Waals surface area contributed by atoms with E-state index >= 15 is 0 Å². The predicted octanol–water partition coefficient (Wildman–Crippen LogP) is 4.52. The van der Waals surface area contributed by atoms with Crippen LogP contribution in [0.15, 0.2) is 89.7 Å². The van der Waals surface area contributed by atoms with Gasteiger partial charge in [-0.1, -0.05) is 78.9 Å². The second-order valence-electron chi connectivity index (χ2n) is 9.29. The van der Waals surface area contributed by atoms with Crippen LogP contribution >= 0.6 is 0 Å². The second kappa shape index (κ2) is 9.84. The van der Waals surface area contributed by atoms with Crippen molar-refractivity contribution in [2.75, 3.05) is 26.2 Å². The fourth-order valence-corrected chi connectivity index (χ4v) is 4.93. The molecule has 4 aromatic rings. The van der Waals surface area contributed by atoms with Crippen LogP contribution in [0.2, 0.25) is 0 Å². The van der Waals surface area contributed by atoms with Crippen LogP contribution < -0.4 is 5.56 Å². The molecule has 178 valence electrons. The number of aromatic nitrogens is 2. The highest BCUT2D eigenvalue weighted by Crippen LogP contribution is 2.30. The molecule has 1 saturated heterocycles. The fourth-order valence-electron chi connectivity index (χ4n) is 4.93. The van der Waals surface area contributed by atoms with E-state index in [1.54, 1.807) is 6.07 Å². The first kappa shape index (κ1) is 23.0. The van der Waals surface area contributed by atoms with Crippen molar-refractivity contribution < 1.29 is 4.79 Å².